The maximum Gasteiger partial charge on any atom is 0.247 e. The first-order valence-corrected chi connectivity index (χ1v) is 5.67. The summed E-state index contributed by atoms with van der Waals surface area (Å²) in [5.41, 5.74) is 9.16. The Morgan fingerprint density at radius 1 is 1.11 bits per heavy atom. The Bertz CT molecular complexity index is 684. The highest BCUT2D eigenvalue weighted by Crippen LogP contribution is 2.16. The minimum Gasteiger partial charge on any atom is -0.399 e. The van der Waals surface area contributed by atoms with Gasteiger partial charge < -0.3 is 11.1 Å². The number of pyridine rings is 1. The van der Waals surface area contributed by atoms with E-state index in [-0.39, 0.29) is 0 Å². The molecule has 3 aromatic rings. The summed E-state index contributed by atoms with van der Waals surface area (Å²) in [5.74, 6) is 0.578. The van der Waals surface area contributed by atoms with Crippen LogP contribution in [0.4, 0.5) is 17.3 Å². The Morgan fingerprint density at radius 3 is 2.61 bits per heavy atom. The molecule has 0 bridgehead atoms. The second-order valence-corrected chi connectivity index (χ2v) is 4.12. The predicted octanol–water partition coefficient (Wildman–Crippen LogP) is 2.36. The fraction of sp³-hybridized carbons (Fsp3) is 0.0769. The van der Waals surface area contributed by atoms with Gasteiger partial charge in [-0.3, -0.25) is 0 Å². The standard InChI is InChI=1S/C13H13N5/c1-9-3-2-4-12-16-13(17-18(9)12)15-11-7-5-10(14)6-8-11/h2-8H,14H2,1H3,(H,15,17). The lowest BCUT2D eigenvalue weighted by atomic mass is 10.3. The van der Waals surface area contributed by atoms with Gasteiger partial charge >= 0.3 is 0 Å². The molecule has 0 unspecified atom stereocenters. The van der Waals surface area contributed by atoms with Crippen LogP contribution in [-0.4, -0.2) is 14.6 Å². The van der Waals surface area contributed by atoms with E-state index >= 15 is 0 Å². The molecule has 5 nitrogen and oxygen atoms in total. The van der Waals surface area contributed by atoms with Crippen LogP contribution in [0.3, 0.4) is 0 Å². The Balaban J connectivity index is 1.95. The zero-order chi connectivity index (χ0) is 12.5. The number of nitrogen functional groups attached to an aromatic ring is 1. The summed E-state index contributed by atoms with van der Waals surface area (Å²) in [5, 5.41) is 7.54. The molecule has 5 heteroatoms. The predicted molar refractivity (Wildman–Crippen MR) is 71.9 cm³/mol. The number of fused-ring (bicyclic) bond motifs is 1. The average molecular weight is 239 g/mol. The van der Waals surface area contributed by atoms with Crippen molar-refractivity contribution < 1.29 is 0 Å². The fourth-order valence-corrected chi connectivity index (χ4v) is 1.78. The second-order valence-electron chi connectivity index (χ2n) is 4.12. The lowest BCUT2D eigenvalue weighted by Gasteiger charge is -2.01. The summed E-state index contributed by atoms with van der Waals surface area (Å²) >= 11 is 0. The van der Waals surface area contributed by atoms with Gasteiger partial charge in [0.2, 0.25) is 5.95 Å². The molecule has 0 aliphatic rings. The Labute approximate surface area is 104 Å². The van der Waals surface area contributed by atoms with Gasteiger partial charge in [-0.1, -0.05) is 6.07 Å². The number of rotatable bonds is 2. The molecule has 2 aromatic heterocycles. The van der Waals surface area contributed by atoms with Crippen molar-refractivity contribution in [3.63, 3.8) is 0 Å². The molecule has 3 N–H and O–H groups in total. The van der Waals surface area contributed by atoms with Crippen LogP contribution in [0.15, 0.2) is 42.5 Å². The van der Waals surface area contributed by atoms with Crippen molar-refractivity contribution in [3.8, 4) is 0 Å². The normalized spacial score (nSPS) is 10.7. The minimum absolute atomic E-state index is 0.578. The third kappa shape index (κ3) is 1.86. The number of benzene rings is 1. The smallest absolute Gasteiger partial charge is 0.247 e. The van der Waals surface area contributed by atoms with Crippen LogP contribution in [0.5, 0.6) is 0 Å². The molecule has 1 aromatic carbocycles. The van der Waals surface area contributed by atoms with Crippen molar-refractivity contribution in [1.82, 2.24) is 14.6 Å². The molecule has 18 heavy (non-hydrogen) atoms. The molecule has 0 amide bonds. The van der Waals surface area contributed by atoms with Crippen molar-refractivity contribution in [3.05, 3.63) is 48.2 Å². The summed E-state index contributed by atoms with van der Waals surface area (Å²) in [6.45, 7) is 1.99. The van der Waals surface area contributed by atoms with Crippen LogP contribution in [0.2, 0.25) is 0 Å². The van der Waals surface area contributed by atoms with E-state index in [2.05, 4.69) is 15.4 Å². The van der Waals surface area contributed by atoms with E-state index in [0.717, 1.165) is 22.7 Å². The van der Waals surface area contributed by atoms with Gasteiger partial charge in [0.05, 0.1) is 0 Å². The molecule has 90 valence electrons. The van der Waals surface area contributed by atoms with E-state index in [1.165, 1.54) is 0 Å². The lowest BCUT2D eigenvalue weighted by molar-refractivity contribution is 0.918. The highest BCUT2D eigenvalue weighted by atomic mass is 15.3. The third-order valence-corrected chi connectivity index (χ3v) is 2.72. The molecule has 0 atom stereocenters. The zero-order valence-corrected chi connectivity index (χ0v) is 9.96. The Hall–Kier alpha value is -2.56. The Kier molecular flexibility index (Phi) is 2.37. The topological polar surface area (TPSA) is 68.2 Å². The maximum atomic E-state index is 5.64. The van der Waals surface area contributed by atoms with Crippen LogP contribution in [0, 0.1) is 6.92 Å². The van der Waals surface area contributed by atoms with Gasteiger partial charge in [0.25, 0.3) is 0 Å². The van der Waals surface area contributed by atoms with Gasteiger partial charge in [0, 0.05) is 17.1 Å². The van der Waals surface area contributed by atoms with Crippen molar-refractivity contribution in [1.29, 1.82) is 0 Å². The summed E-state index contributed by atoms with van der Waals surface area (Å²) < 4.78 is 1.81. The van der Waals surface area contributed by atoms with Gasteiger partial charge in [-0.15, -0.1) is 5.10 Å². The summed E-state index contributed by atoms with van der Waals surface area (Å²) in [7, 11) is 0. The second kappa shape index (κ2) is 4.03. The molecule has 0 saturated heterocycles. The summed E-state index contributed by atoms with van der Waals surface area (Å²) in [4.78, 5) is 4.40. The van der Waals surface area contributed by atoms with Gasteiger partial charge in [0.1, 0.15) is 0 Å². The number of aryl methyl sites for hydroxylation is 1. The van der Waals surface area contributed by atoms with Crippen LogP contribution in [0.1, 0.15) is 5.69 Å². The Morgan fingerprint density at radius 2 is 1.89 bits per heavy atom. The van der Waals surface area contributed by atoms with Gasteiger partial charge in [-0.2, -0.15) is 4.98 Å². The monoisotopic (exact) mass is 239 g/mol. The third-order valence-electron chi connectivity index (χ3n) is 2.72. The quantitative estimate of drug-likeness (QED) is 0.674. The molecule has 0 aliphatic carbocycles. The molecule has 0 spiro atoms. The number of nitrogens with two attached hydrogens (primary N) is 1. The van der Waals surface area contributed by atoms with E-state index in [0.29, 0.717) is 5.95 Å². The van der Waals surface area contributed by atoms with Crippen molar-refractivity contribution in [2.24, 2.45) is 0 Å². The first-order valence-electron chi connectivity index (χ1n) is 5.67. The van der Waals surface area contributed by atoms with E-state index in [9.17, 15) is 0 Å². The van der Waals surface area contributed by atoms with Gasteiger partial charge in [-0.05, 0) is 43.3 Å². The summed E-state index contributed by atoms with van der Waals surface area (Å²) in [6, 6.07) is 13.4. The molecule has 0 fully saturated rings. The van der Waals surface area contributed by atoms with Gasteiger partial charge in [-0.25, -0.2) is 4.52 Å². The number of aromatic nitrogens is 3. The van der Waals surface area contributed by atoms with E-state index < -0.39 is 0 Å². The van der Waals surface area contributed by atoms with Crippen LogP contribution < -0.4 is 11.1 Å². The van der Waals surface area contributed by atoms with Crippen LogP contribution in [-0.2, 0) is 0 Å². The van der Waals surface area contributed by atoms with Crippen LogP contribution in [0.25, 0.3) is 5.65 Å². The number of nitrogens with one attached hydrogen (secondary N) is 1. The average Bonchev–Trinajstić information content (AvgIpc) is 2.76. The van der Waals surface area contributed by atoms with E-state index in [4.69, 9.17) is 5.73 Å². The highest BCUT2D eigenvalue weighted by molar-refractivity contribution is 5.58. The molecule has 0 saturated carbocycles. The van der Waals surface area contributed by atoms with E-state index in [1.54, 1.807) is 4.52 Å². The first kappa shape index (κ1) is 10.6. The van der Waals surface area contributed by atoms with E-state index in [1.807, 2.05) is 49.4 Å². The largest absolute Gasteiger partial charge is 0.399 e. The van der Waals surface area contributed by atoms with Gasteiger partial charge in [0.15, 0.2) is 5.65 Å². The van der Waals surface area contributed by atoms with Crippen molar-refractivity contribution in [2.45, 2.75) is 6.92 Å². The minimum atomic E-state index is 0.578. The maximum absolute atomic E-state index is 5.64. The molecule has 2 heterocycles. The zero-order valence-electron chi connectivity index (χ0n) is 9.96. The number of nitrogens with zero attached hydrogens (tertiary/aromatic N) is 3. The first-order chi connectivity index (χ1) is 8.72. The van der Waals surface area contributed by atoms with Crippen LogP contribution >= 0.6 is 0 Å². The van der Waals surface area contributed by atoms with Crippen molar-refractivity contribution in [2.75, 3.05) is 11.1 Å². The molecular weight excluding hydrogens is 226 g/mol. The van der Waals surface area contributed by atoms with Crippen molar-refractivity contribution >= 4 is 23.0 Å². The molecule has 0 aliphatic heterocycles. The molecular formula is C13H13N5. The summed E-state index contributed by atoms with van der Waals surface area (Å²) in [6.07, 6.45) is 0. The number of anilines is 3. The lowest BCUT2D eigenvalue weighted by Crippen LogP contribution is -1.95. The highest BCUT2D eigenvalue weighted by Gasteiger charge is 2.04. The molecule has 3 rings (SSSR count). The SMILES string of the molecule is Cc1cccc2nc(Nc3ccc(N)cc3)nn12. The number of hydrogen-bond acceptors (Lipinski definition) is 4. The number of hydrogen-bond donors (Lipinski definition) is 2. The fourth-order valence-electron chi connectivity index (χ4n) is 1.78. The molecule has 0 radical (unpaired) electrons.